The number of Topliss-reactive ketones (excluding diaryl/α,β-unsaturated/α-hetero) is 1. The smallest absolute Gasteiger partial charge is 0.251 e. The maximum absolute atomic E-state index is 13.1. The van der Waals surface area contributed by atoms with Gasteiger partial charge < -0.3 is 10.4 Å². The number of carbonyl (C=O) groups excluding carboxylic acids is 2. The van der Waals surface area contributed by atoms with Crippen molar-refractivity contribution < 1.29 is 19.1 Å². The van der Waals surface area contributed by atoms with Crippen molar-refractivity contribution in [2.45, 2.75) is 25.3 Å². The average Bonchev–Trinajstić information content (AvgIpc) is 2.80. The quantitative estimate of drug-likeness (QED) is 0.522. The number of ketones is 1. The lowest BCUT2D eigenvalue weighted by molar-refractivity contribution is -0.122. The van der Waals surface area contributed by atoms with Gasteiger partial charge in [-0.25, -0.2) is 4.39 Å². The van der Waals surface area contributed by atoms with Crippen LogP contribution in [-0.4, -0.2) is 29.4 Å². The molecule has 0 saturated carbocycles. The Bertz CT molecular complexity index is 975. The second-order valence-corrected chi connectivity index (χ2v) is 7.63. The van der Waals surface area contributed by atoms with Gasteiger partial charge in [0, 0.05) is 18.6 Å². The molecule has 3 aromatic rings. The van der Waals surface area contributed by atoms with Crippen molar-refractivity contribution in [2.24, 2.45) is 5.92 Å². The molecule has 0 bridgehead atoms. The number of hydrogen-bond donors (Lipinski definition) is 2. The van der Waals surface area contributed by atoms with E-state index in [2.05, 4.69) is 5.32 Å². The van der Waals surface area contributed by atoms with E-state index in [0.717, 1.165) is 11.1 Å². The number of aliphatic hydroxyl groups is 1. The molecule has 0 unspecified atom stereocenters. The maximum Gasteiger partial charge on any atom is 0.251 e. The van der Waals surface area contributed by atoms with Crippen LogP contribution in [0.2, 0.25) is 0 Å². The maximum atomic E-state index is 13.1. The number of hydrogen-bond acceptors (Lipinski definition) is 3. The summed E-state index contributed by atoms with van der Waals surface area (Å²) in [4.78, 5) is 25.8. The number of rotatable bonds is 10. The minimum Gasteiger partial charge on any atom is -0.396 e. The Morgan fingerprint density at radius 3 is 2.00 bits per heavy atom. The summed E-state index contributed by atoms with van der Waals surface area (Å²) in [7, 11) is 0. The summed E-state index contributed by atoms with van der Waals surface area (Å²) < 4.78 is 13.1. The van der Waals surface area contributed by atoms with E-state index in [0.29, 0.717) is 18.4 Å². The Kier molecular flexibility index (Phi) is 8.07. The summed E-state index contributed by atoms with van der Waals surface area (Å²) in [6, 6.07) is 23.6. The molecule has 4 nitrogen and oxygen atoms in total. The molecular formula is C26H26FNO3. The van der Waals surface area contributed by atoms with Gasteiger partial charge in [0.2, 0.25) is 0 Å². The van der Waals surface area contributed by atoms with Gasteiger partial charge in [0.25, 0.3) is 5.91 Å². The summed E-state index contributed by atoms with van der Waals surface area (Å²) in [6.45, 7) is -0.173. The summed E-state index contributed by atoms with van der Waals surface area (Å²) in [6.07, 6.45) is 0.931. The van der Waals surface area contributed by atoms with Gasteiger partial charge in [-0.2, -0.15) is 0 Å². The Morgan fingerprint density at radius 2 is 1.39 bits per heavy atom. The highest BCUT2D eigenvalue weighted by atomic mass is 19.1. The van der Waals surface area contributed by atoms with Crippen molar-refractivity contribution in [1.82, 2.24) is 5.32 Å². The van der Waals surface area contributed by atoms with Crippen LogP contribution in [-0.2, 0) is 17.6 Å². The zero-order valence-corrected chi connectivity index (χ0v) is 17.2. The second kappa shape index (κ2) is 11.2. The van der Waals surface area contributed by atoms with Gasteiger partial charge in [-0.15, -0.1) is 0 Å². The van der Waals surface area contributed by atoms with Crippen LogP contribution in [0.4, 0.5) is 4.39 Å². The first-order valence-corrected chi connectivity index (χ1v) is 10.3. The zero-order chi connectivity index (χ0) is 22.1. The molecule has 160 valence electrons. The van der Waals surface area contributed by atoms with Crippen LogP contribution in [0, 0.1) is 11.7 Å². The number of benzene rings is 3. The normalized spacial score (nSPS) is 12.7. The van der Waals surface area contributed by atoms with Crippen LogP contribution >= 0.6 is 0 Å². The lowest BCUT2D eigenvalue weighted by Crippen LogP contribution is -2.43. The summed E-state index contributed by atoms with van der Waals surface area (Å²) >= 11 is 0. The fraction of sp³-hybridized carbons (Fsp3) is 0.231. The summed E-state index contributed by atoms with van der Waals surface area (Å²) in [5.41, 5.74) is 2.27. The van der Waals surface area contributed by atoms with E-state index in [4.69, 9.17) is 0 Å². The van der Waals surface area contributed by atoms with Crippen LogP contribution in [0.3, 0.4) is 0 Å². The third-order valence-electron chi connectivity index (χ3n) is 5.20. The van der Waals surface area contributed by atoms with Crippen molar-refractivity contribution in [3.05, 3.63) is 107 Å². The van der Waals surface area contributed by atoms with E-state index in [9.17, 15) is 19.1 Å². The Hall–Kier alpha value is -3.31. The first-order valence-electron chi connectivity index (χ1n) is 10.3. The highest BCUT2D eigenvalue weighted by Gasteiger charge is 2.24. The molecule has 1 amide bonds. The number of carbonyl (C=O) groups is 2. The molecule has 0 heterocycles. The molecule has 0 fully saturated rings. The minimum absolute atomic E-state index is 0.112. The fourth-order valence-electron chi connectivity index (χ4n) is 3.51. The Labute approximate surface area is 181 Å². The number of aliphatic hydroxyl groups excluding tert-OH is 1. The van der Waals surface area contributed by atoms with Crippen molar-refractivity contribution in [3.8, 4) is 0 Å². The van der Waals surface area contributed by atoms with Gasteiger partial charge in [-0.05, 0) is 54.2 Å². The predicted octanol–water partition coefficient (Wildman–Crippen LogP) is 3.98. The molecule has 0 aromatic heterocycles. The number of nitrogens with one attached hydrogen (secondary N) is 1. The molecular weight excluding hydrogens is 393 g/mol. The molecule has 2 atom stereocenters. The van der Waals surface area contributed by atoms with Gasteiger partial charge in [0.15, 0.2) is 5.78 Å². The largest absolute Gasteiger partial charge is 0.396 e. The first kappa shape index (κ1) is 22.4. The monoisotopic (exact) mass is 419 g/mol. The van der Waals surface area contributed by atoms with E-state index in [1.807, 2.05) is 36.4 Å². The molecule has 5 heteroatoms. The predicted molar refractivity (Wildman–Crippen MR) is 118 cm³/mol. The van der Waals surface area contributed by atoms with Crippen LogP contribution in [0.5, 0.6) is 0 Å². The standard InChI is InChI=1S/C26H26FNO3/c27-23-13-11-20(12-14-23)15-21(18-29)17-25(30)24(16-19-7-3-1-4-8-19)28-26(31)22-9-5-2-6-10-22/h1-14,21,24,29H,15-18H2,(H,28,31)/t21-,24+/m1/s1. The third-order valence-corrected chi connectivity index (χ3v) is 5.20. The highest BCUT2D eigenvalue weighted by molar-refractivity contribution is 5.98. The van der Waals surface area contributed by atoms with Crippen LogP contribution < -0.4 is 5.32 Å². The molecule has 0 saturated heterocycles. The topological polar surface area (TPSA) is 66.4 Å². The van der Waals surface area contributed by atoms with Crippen LogP contribution in [0.1, 0.15) is 27.9 Å². The molecule has 0 radical (unpaired) electrons. The van der Waals surface area contributed by atoms with Crippen molar-refractivity contribution in [1.29, 1.82) is 0 Å². The Morgan fingerprint density at radius 1 is 0.806 bits per heavy atom. The highest BCUT2D eigenvalue weighted by Crippen LogP contribution is 2.16. The van der Waals surface area contributed by atoms with Gasteiger partial charge in [-0.1, -0.05) is 60.7 Å². The molecule has 3 rings (SSSR count). The van der Waals surface area contributed by atoms with Gasteiger partial charge in [-0.3, -0.25) is 9.59 Å². The van der Waals surface area contributed by atoms with Crippen molar-refractivity contribution >= 4 is 11.7 Å². The van der Waals surface area contributed by atoms with Gasteiger partial charge in [0.05, 0.1) is 6.04 Å². The van der Waals surface area contributed by atoms with Crippen LogP contribution in [0.25, 0.3) is 0 Å². The molecule has 0 aliphatic heterocycles. The lowest BCUT2D eigenvalue weighted by atomic mass is 9.90. The van der Waals surface area contributed by atoms with E-state index in [1.54, 1.807) is 36.4 Å². The molecule has 0 aliphatic rings. The van der Waals surface area contributed by atoms with E-state index in [-0.39, 0.29) is 36.5 Å². The number of amides is 1. The van der Waals surface area contributed by atoms with Crippen molar-refractivity contribution in [2.75, 3.05) is 6.61 Å². The molecule has 31 heavy (non-hydrogen) atoms. The minimum atomic E-state index is -0.711. The molecule has 0 aliphatic carbocycles. The summed E-state index contributed by atoms with van der Waals surface area (Å²) in [5.74, 6) is -1.10. The van der Waals surface area contributed by atoms with Crippen LogP contribution in [0.15, 0.2) is 84.9 Å². The van der Waals surface area contributed by atoms with Gasteiger partial charge >= 0.3 is 0 Å². The molecule has 3 aromatic carbocycles. The lowest BCUT2D eigenvalue weighted by Gasteiger charge is -2.21. The average molecular weight is 419 g/mol. The molecule has 0 spiro atoms. The van der Waals surface area contributed by atoms with Gasteiger partial charge in [0.1, 0.15) is 5.82 Å². The second-order valence-electron chi connectivity index (χ2n) is 7.63. The SMILES string of the molecule is O=C(N[C@@H](Cc1ccccc1)C(=O)C[C@H](CO)Cc1ccc(F)cc1)c1ccccc1. The number of halogens is 1. The van der Waals surface area contributed by atoms with E-state index in [1.165, 1.54) is 12.1 Å². The Balaban J connectivity index is 1.72. The van der Waals surface area contributed by atoms with Crippen molar-refractivity contribution in [3.63, 3.8) is 0 Å². The first-order chi connectivity index (χ1) is 15.0. The fourth-order valence-corrected chi connectivity index (χ4v) is 3.51. The van der Waals surface area contributed by atoms with E-state index >= 15 is 0 Å². The van der Waals surface area contributed by atoms with E-state index < -0.39 is 6.04 Å². The molecule has 2 N–H and O–H groups in total. The zero-order valence-electron chi connectivity index (χ0n) is 17.2. The third kappa shape index (κ3) is 6.86. The summed E-state index contributed by atoms with van der Waals surface area (Å²) in [5, 5.41) is 12.7.